The maximum absolute atomic E-state index is 12.2. The molecule has 0 fully saturated rings. The molecule has 0 aliphatic heterocycles. The van der Waals surface area contributed by atoms with Gasteiger partial charge in [0.05, 0.1) is 5.60 Å². The Labute approximate surface area is 134 Å². The van der Waals surface area contributed by atoms with E-state index in [1.165, 1.54) is 0 Å². The Hall–Kier alpha value is -1.55. The average Bonchev–Trinajstić information content (AvgIpc) is 2.46. The molecule has 0 saturated heterocycles. The van der Waals surface area contributed by atoms with Crippen LogP contribution in [0, 0.1) is 0 Å². The lowest BCUT2D eigenvalue weighted by Crippen LogP contribution is -2.39. The number of hydrogen-bond acceptors (Lipinski definition) is 3. The predicted molar refractivity (Wildman–Crippen MR) is 88.9 cm³/mol. The number of carbonyl (C=O) groups is 1. The van der Waals surface area contributed by atoms with E-state index in [9.17, 15) is 4.79 Å². The van der Waals surface area contributed by atoms with Crippen LogP contribution in [0.15, 0.2) is 30.3 Å². The number of amides is 1. The van der Waals surface area contributed by atoms with Gasteiger partial charge in [0, 0.05) is 20.2 Å². The molecule has 0 aliphatic rings. The van der Waals surface area contributed by atoms with Crippen molar-refractivity contribution in [1.82, 2.24) is 4.90 Å². The number of rotatable bonds is 6. The SMILES string of the molecule is CCN(CCC(C)(OC)c1ccccc1)C(=O)OC(C)(C)C. The highest BCUT2D eigenvalue weighted by atomic mass is 16.6. The van der Waals surface area contributed by atoms with Gasteiger partial charge in [0.15, 0.2) is 0 Å². The zero-order valence-electron chi connectivity index (χ0n) is 14.7. The summed E-state index contributed by atoms with van der Waals surface area (Å²) >= 11 is 0. The van der Waals surface area contributed by atoms with E-state index in [4.69, 9.17) is 9.47 Å². The van der Waals surface area contributed by atoms with Gasteiger partial charge >= 0.3 is 6.09 Å². The van der Waals surface area contributed by atoms with Crippen LogP contribution in [-0.4, -0.2) is 36.8 Å². The zero-order valence-corrected chi connectivity index (χ0v) is 14.7. The zero-order chi connectivity index (χ0) is 16.8. The lowest BCUT2D eigenvalue weighted by atomic mass is 9.92. The van der Waals surface area contributed by atoms with Crippen molar-refractivity contribution in [1.29, 1.82) is 0 Å². The van der Waals surface area contributed by atoms with Crippen LogP contribution < -0.4 is 0 Å². The third-order valence-electron chi connectivity index (χ3n) is 3.73. The van der Waals surface area contributed by atoms with E-state index in [1.807, 2.05) is 65.0 Å². The standard InChI is InChI=1S/C18H29NO3/c1-7-19(16(20)22-17(2,3)4)14-13-18(5,21-6)15-11-9-8-10-12-15/h8-12H,7,13-14H2,1-6H3. The van der Waals surface area contributed by atoms with Gasteiger partial charge in [-0.05, 0) is 46.6 Å². The first kappa shape index (κ1) is 18.5. The van der Waals surface area contributed by atoms with Crippen LogP contribution in [0.5, 0.6) is 0 Å². The molecule has 124 valence electrons. The Balaban J connectivity index is 2.74. The summed E-state index contributed by atoms with van der Waals surface area (Å²) < 4.78 is 11.2. The van der Waals surface area contributed by atoms with E-state index >= 15 is 0 Å². The van der Waals surface area contributed by atoms with Crippen LogP contribution in [0.3, 0.4) is 0 Å². The van der Waals surface area contributed by atoms with E-state index in [1.54, 1.807) is 12.0 Å². The first-order chi connectivity index (χ1) is 10.2. The average molecular weight is 307 g/mol. The number of benzene rings is 1. The second-order valence-corrected chi connectivity index (χ2v) is 6.61. The molecule has 0 spiro atoms. The summed E-state index contributed by atoms with van der Waals surface area (Å²) in [4.78, 5) is 13.9. The summed E-state index contributed by atoms with van der Waals surface area (Å²) in [5.41, 5.74) is 0.211. The summed E-state index contributed by atoms with van der Waals surface area (Å²) in [6.07, 6.45) is 0.433. The number of ether oxygens (including phenoxy) is 2. The lowest BCUT2D eigenvalue weighted by molar-refractivity contribution is -0.0175. The molecule has 1 atom stereocenters. The molecule has 22 heavy (non-hydrogen) atoms. The fourth-order valence-corrected chi connectivity index (χ4v) is 2.21. The van der Waals surface area contributed by atoms with Crippen LogP contribution in [0.1, 0.15) is 46.6 Å². The summed E-state index contributed by atoms with van der Waals surface area (Å²) in [7, 11) is 1.71. The summed E-state index contributed by atoms with van der Waals surface area (Å²) in [5.74, 6) is 0. The molecular weight excluding hydrogens is 278 g/mol. The summed E-state index contributed by atoms with van der Waals surface area (Å²) in [6, 6.07) is 10.1. The summed E-state index contributed by atoms with van der Waals surface area (Å²) in [5, 5.41) is 0. The van der Waals surface area contributed by atoms with Gasteiger partial charge in [-0.1, -0.05) is 30.3 Å². The Morgan fingerprint density at radius 2 is 1.73 bits per heavy atom. The Morgan fingerprint density at radius 3 is 2.18 bits per heavy atom. The van der Waals surface area contributed by atoms with Crippen molar-refractivity contribution in [3.63, 3.8) is 0 Å². The molecule has 0 N–H and O–H groups in total. The topological polar surface area (TPSA) is 38.8 Å². The van der Waals surface area contributed by atoms with Gasteiger partial charge in [-0.2, -0.15) is 0 Å². The van der Waals surface area contributed by atoms with Crippen molar-refractivity contribution in [2.24, 2.45) is 0 Å². The second kappa shape index (κ2) is 7.63. The summed E-state index contributed by atoms with van der Waals surface area (Å²) in [6.45, 7) is 10.8. The molecular formula is C18H29NO3. The fraction of sp³-hybridized carbons (Fsp3) is 0.611. The third kappa shape index (κ3) is 5.34. The highest BCUT2D eigenvalue weighted by Gasteiger charge is 2.28. The van der Waals surface area contributed by atoms with Crippen molar-refractivity contribution >= 4 is 6.09 Å². The van der Waals surface area contributed by atoms with Gasteiger partial charge in [-0.25, -0.2) is 4.79 Å². The Bertz CT molecular complexity index is 467. The molecule has 0 heterocycles. The molecule has 4 nitrogen and oxygen atoms in total. The van der Waals surface area contributed by atoms with Gasteiger partial charge in [-0.15, -0.1) is 0 Å². The highest BCUT2D eigenvalue weighted by molar-refractivity contribution is 5.68. The second-order valence-electron chi connectivity index (χ2n) is 6.61. The smallest absolute Gasteiger partial charge is 0.410 e. The van der Waals surface area contributed by atoms with Gasteiger partial charge in [0.2, 0.25) is 0 Å². The molecule has 0 aromatic heterocycles. The number of nitrogens with zero attached hydrogens (tertiary/aromatic N) is 1. The fourth-order valence-electron chi connectivity index (χ4n) is 2.21. The number of hydrogen-bond donors (Lipinski definition) is 0. The molecule has 1 amide bonds. The van der Waals surface area contributed by atoms with Crippen molar-refractivity contribution in [2.75, 3.05) is 20.2 Å². The van der Waals surface area contributed by atoms with E-state index < -0.39 is 11.2 Å². The van der Waals surface area contributed by atoms with Crippen LogP contribution in [0.4, 0.5) is 4.79 Å². The number of carbonyl (C=O) groups excluding carboxylic acids is 1. The van der Waals surface area contributed by atoms with Gasteiger partial charge in [-0.3, -0.25) is 0 Å². The number of methoxy groups -OCH3 is 1. The molecule has 1 unspecified atom stereocenters. The maximum Gasteiger partial charge on any atom is 0.410 e. The molecule has 4 heteroatoms. The first-order valence-corrected chi connectivity index (χ1v) is 7.80. The minimum absolute atomic E-state index is 0.276. The molecule has 1 aromatic carbocycles. The van der Waals surface area contributed by atoms with Crippen LogP contribution in [0.2, 0.25) is 0 Å². The van der Waals surface area contributed by atoms with Gasteiger partial charge in [0.25, 0.3) is 0 Å². The van der Waals surface area contributed by atoms with Crippen LogP contribution >= 0.6 is 0 Å². The molecule has 0 saturated carbocycles. The predicted octanol–water partition coefficient (Wildman–Crippen LogP) is 4.20. The molecule has 0 aliphatic carbocycles. The highest BCUT2D eigenvalue weighted by Crippen LogP contribution is 2.28. The molecule has 0 bridgehead atoms. The van der Waals surface area contributed by atoms with Crippen LogP contribution in [-0.2, 0) is 15.1 Å². The van der Waals surface area contributed by atoms with Crippen LogP contribution in [0.25, 0.3) is 0 Å². The minimum Gasteiger partial charge on any atom is -0.444 e. The first-order valence-electron chi connectivity index (χ1n) is 7.80. The minimum atomic E-state index is -0.478. The normalized spacial score (nSPS) is 14.3. The van der Waals surface area contributed by atoms with Crippen molar-refractivity contribution in [2.45, 2.75) is 52.2 Å². The van der Waals surface area contributed by atoms with Crippen molar-refractivity contribution in [3.05, 3.63) is 35.9 Å². The molecule has 1 aromatic rings. The van der Waals surface area contributed by atoms with E-state index in [-0.39, 0.29) is 6.09 Å². The van der Waals surface area contributed by atoms with Gasteiger partial charge in [0.1, 0.15) is 5.60 Å². The van der Waals surface area contributed by atoms with E-state index in [0.717, 1.165) is 5.56 Å². The Kier molecular flexibility index (Phi) is 6.42. The van der Waals surface area contributed by atoms with E-state index in [2.05, 4.69) is 0 Å². The quantitative estimate of drug-likeness (QED) is 0.791. The third-order valence-corrected chi connectivity index (χ3v) is 3.73. The molecule has 0 radical (unpaired) electrons. The van der Waals surface area contributed by atoms with Crippen molar-refractivity contribution < 1.29 is 14.3 Å². The van der Waals surface area contributed by atoms with E-state index in [0.29, 0.717) is 19.5 Å². The van der Waals surface area contributed by atoms with Crippen molar-refractivity contribution in [3.8, 4) is 0 Å². The maximum atomic E-state index is 12.2. The lowest BCUT2D eigenvalue weighted by Gasteiger charge is -2.32. The Morgan fingerprint density at radius 1 is 1.14 bits per heavy atom. The monoisotopic (exact) mass is 307 g/mol. The van der Waals surface area contributed by atoms with Gasteiger partial charge < -0.3 is 14.4 Å². The molecule has 1 rings (SSSR count). The largest absolute Gasteiger partial charge is 0.444 e.